The lowest BCUT2D eigenvalue weighted by Gasteiger charge is -2.13. The Labute approximate surface area is 134 Å². The van der Waals surface area contributed by atoms with Crippen LogP contribution in [0.25, 0.3) is 0 Å². The maximum Gasteiger partial charge on any atom is 0.235 e. The van der Waals surface area contributed by atoms with Crippen molar-refractivity contribution in [3.63, 3.8) is 0 Å². The molecule has 5 nitrogen and oxygen atoms in total. The predicted molar refractivity (Wildman–Crippen MR) is 85.5 cm³/mol. The molecule has 0 aliphatic carbocycles. The fourth-order valence-electron chi connectivity index (χ4n) is 2.15. The van der Waals surface area contributed by atoms with Crippen LogP contribution in [0.15, 0.2) is 24.3 Å². The molecule has 0 unspecified atom stereocenters. The first-order valence-corrected chi connectivity index (χ1v) is 9.81. The van der Waals surface area contributed by atoms with Crippen molar-refractivity contribution in [2.75, 3.05) is 31.1 Å². The minimum absolute atomic E-state index is 0.111. The van der Waals surface area contributed by atoms with Crippen LogP contribution in [0.3, 0.4) is 0 Å². The van der Waals surface area contributed by atoms with Crippen molar-refractivity contribution in [2.24, 2.45) is 0 Å². The highest BCUT2D eigenvalue weighted by atomic mass is 32.2. The third-order valence-corrected chi connectivity index (χ3v) is 6.22. The van der Waals surface area contributed by atoms with Gasteiger partial charge in [-0.3, -0.25) is 4.79 Å². The van der Waals surface area contributed by atoms with Crippen LogP contribution in [0.2, 0.25) is 0 Å². The molecule has 1 amide bonds. The maximum absolute atomic E-state index is 13.4. The zero-order valence-corrected chi connectivity index (χ0v) is 13.8. The van der Waals surface area contributed by atoms with Crippen molar-refractivity contribution < 1.29 is 17.6 Å². The van der Waals surface area contributed by atoms with Crippen molar-refractivity contribution in [3.05, 3.63) is 35.6 Å². The van der Waals surface area contributed by atoms with E-state index in [0.29, 0.717) is 36.6 Å². The van der Waals surface area contributed by atoms with E-state index in [9.17, 15) is 17.6 Å². The van der Waals surface area contributed by atoms with Gasteiger partial charge in [-0.2, -0.15) is 16.1 Å². The minimum Gasteiger partial charge on any atom is -0.354 e. The summed E-state index contributed by atoms with van der Waals surface area (Å²) in [6.45, 7) is 0.740. The Morgan fingerprint density at radius 3 is 2.82 bits per heavy atom. The average Bonchev–Trinajstić information content (AvgIpc) is 2.79. The van der Waals surface area contributed by atoms with Gasteiger partial charge in [0.25, 0.3) is 0 Å². The number of sulfonamides is 1. The molecule has 0 atom stereocenters. The zero-order valence-electron chi connectivity index (χ0n) is 12.1. The summed E-state index contributed by atoms with van der Waals surface area (Å²) in [5.41, 5.74) is 0.641. The van der Waals surface area contributed by atoms with Gasteiger partial charge in [-0.1, -0.05) is 18.2 Å². The summed E-state index contributed by atoms with van der Waals surface area (Å²) in [6.07, 6.45) is 0.577. The molecule has 0 saturated carbocycles. The Balaban J connectivity index is 1.63. The first-order chi connectivity index (χ1) is 10.5. The molecule has 1 aliphatic rings. The van der Waals surface area contributed by atoms with E-state index in [1.165, 1.54) is 22.1 Å². The summed E-state index contributed by atoms with van der Waals surface area (Å²) in [6, 6.07) is 6.60. The molecule has 0 bridgehead atoms. The molecule has 0 spiro atoms. The molecule has 22 heavy (non-hydrogen) atoms. The van der Waals surface area contributed by atoms with Crippen LogP contribution in [-0.2, 0) is 20.6 Å². The van der Waals surface area contributed by atoms with Crippen LogP contribution < -0.4 is 5.32 Å². The number of hydrogen-bond donors (Lipinski definition) is 1. The number of halogens is 1. The number of thioether (sulfide) groups is 1. The van der Waals surface area contributed by atoms with Crippen molar-refractivity contribution in [1.29, 1.82) is 0 Å². The summed E-state index contributed by atoms with van der Waals surface area (Å²) >= 11 is 1.52. The Kier molecular flexibility index (Phi) is 6.22. The number of nitrogens with zero attached hydrogens (tertiary/aromatic N) is 1. The quantitative estimate of drug-likeness (QED) is 0.754. The van der Waals surface area contributed by atoms with E-state index in [2.05, 4.69) is 5.32 Å². The fraction of sp³-hybridized carbons (Fsp3) is 0.500. The van der Waals surface area contributed by atoms with Crippen LogP contribution >= 0.6 is 11.8 Å². The molecule has 1 fully saturated rings. The zero-order chi connectivity index (χ0) is 16.0. The van der Waals surface area contributed by atoms with Gasteiger partial charge in [0.05, 0.1) is 12.3 Å². The minimum atomic E-state index is -3.23. The third-order valence-electron chi connectivity index (χ3n) is 3.31. The molecule has 0 radical (unpaired) electrons. The molecule has 1 aliphatic heterocycles. The average molecular weight is 346 g/mol. The molecule has 1 N–H and O–H groups in total. The summed E-state index contributed by atoms with van der Waals surface area (Å²) in [5, 5.41) is 2.69. The fourth-order valence-corrected chi connectivity index (χ4v) is 4.46. The Bertz CT molecular complexity index is 622. The smallest absolute Gasteiger partial charge is 0.235 e. The number of rotatable bonds is 7. The number of carbonyl (C=O) groups excluding carboxylic acids is 1. The van der Waals surface area contributed by atoms with Crippen molar-refractivity contribution in [2.45, 2.75) is 12.2 Å². The normalized spacial score (nSPS) is 17.5. The number of amides is 1. The monoisotopic (exact) mass is 346 g/mol. The molecule has 2 rings (SSSR count). The molecule has 1 heterocycles. The summed E-state index contributed by atoms with van der Waals surface area (Å²) in [7, 11) is -3.23. The second kappa shape index (κ2) is 7.94. The predicted octanol–water partition coefficient (Wildman–Crippen LogP) is 1.21. The van der Waals surface area contributed by atoms with Crippen molar-refractivity contribution in [3.8, 4) is 0 Å². The van der Waals surface area contributed by atoms with Gasteiger partial charge in [-0.25, -0.2) is 12.8 Å². The van der Waals surface area contributed by atoms with Gasteiger partial charge in [-0.05, 0) is 18.1 Å². The van der Waals surface area contributed by atoms with Gasteiger partial charge in [0.1, 0.15) is 5.82 Å². The molecule has 122 valence electrons. The van der Waals surface area contributed by atoms with E-state index in [4.69, 9.17) is 0 Å². The van der Waals surface area contributed by atoms with E-state index < -0.39 is 10.0 Å². The Hall–Kier alpha value is -1.12. The number of nitrogens with one attached hydrogen (secondary N) is 1. The first kappa shape index (κ1) is 17.2. The van der Waals surface area contributed by atoms with Crippen LogP contribution in [0.1, 0.15) is 12.0 Å². The van der Waals surface area contributed by atoms with Gasteiger partial charge in [-0.15, -0.1) is 0 Å². The molecule has 1 saturated heterocycles. The van der Waals surface area contributed by atoms with E-state index in [0.717, 1.165) is 0 Å². The van der Waals surface area contributed by atoms with Crippen LogP contribution in [0, 0.1) is 5.82 Å². The second-order valence-corrected chi connectivity index (χ2v) is 8.19. The number of carbonyl (C=O) groups is 1. The number of benzene rings is 1. The number of hydrogen-bond acceptors (Lipinski definition) is 4. The Morgan fingerprint density at radius 2 is 2.14 bits per heavy atom. The summed E-state index contributed by atoms with van der Waals surface area (Å²) < 4.78 is 37.7. The van der Waals surface area contributed by atoms with E-state index in [1.54, 1.807) is 18.2 Å². The molecular formula is C14H19FN2O3S2. The highest BCUT2D eigenvalue weighted by Crippen LogP contribution is 2.15. The molecule has 8 heteroatoms. The van der Waals surface area contributed by atoms with Crippen molar-refractivity contribution >= 4 is 27.7 Å². The lowest BCUT2D eigenvalue weighted by atomic mass is 10.2. The third kappa shape index (κ3) is 4.96. The van der Waals surface area contributed by atoms with Gasteiger partial charge in [0.15, 0.2) is 0 Å². The van der Waals surface area contributed by atoms with Gasteiger partial charge in [0, 0.05) is 24.6 Å². The van der Waals surface area contributed by atoms with Crippen LogP contribution in [-0.4, -0.2) is 49.8 Å². The highest BCUT2D eigenvalue weighted by molar-refractivity contribution is 7.98. The van der Waals surface area contributed by atoms with E-state index in [1.807, 2.05) is 0 Å². The SMILES string of the molecule is O=C(CN1CCCS1(=O)=O)NCCSCc1ccccc1F. The Morgan fingerprint density at radius 1 is 1.36 bits per heavy atom. The van der Waals surface area contributed by atoms with Gasteiger partial charge < -0.3 is 5.32 Å². The maximum atomic E-state index is 13.4. The largest absolute Gasteiger partial charge is 0.354 e. The highest BCUT2D eigenvalue weighted by Gasteiger charge is 2.29. The lowest BCUT2D eigenvalue weighted by Crippen LogP contribution is -2.38. The van der Waals surface area contributed by atoms with E-state index in [-0.39, 0.29) is 24.0 Å². The molecule has 1 aromatic carbocycles. The first-order valence-electron chi connectivity index (χ1n) is 7.05. The standard InChI is InChI=1S/C14H19FN2O3S2/c15-13-5-2-1-4-12(13)11-21-8-6-16-14(18)10-17-7-3-9-22(17,19)20/h1-2,4-5H,3,6-11H2,(H,16,18). The summed E-state index contributed by atoms with van der Waals surface area (Å²) in [4.78, 5) is 11.7. The second-order valence-electron chi connectivity index (χ2n) is 5.00. The lowest BCUT2D eigenvalue weighted by molar-refractivity contribution is -0.121. The molecule has 1 aromatic rings. The molecular weight excluding hydrogens is 327 g/mol. The van der Waals surface area contributed by atoms with Gasteiger partial charge >= 0.3 is 0 Å². The van der Waals surface area contributed by atoms with Crippen LogP contribution in [0.5, 0.6) is 0 Å². The van der Waals surface area contributed by atoms with Crippen LogP contribution in [0.4, 0.5) is 4.39 Å². The molecule has 0 aromatic heterocycles. The summed E-state index contributed by atoms with van der Waals surface area (Å²) in [5.74, 6) is 0.796. The van der Waals surface area contributed by atoms with E-state index >= 15 is 0 Å². The topological polar surface area (TPSA) is 66.5 Å². The van der Waals surface area contributed by atoms with Gasteiger partial charge in [0.2, 0.25) is 15.9 Å². The van der Waals surface area contributed by atoms with Crippen molar-refractivity contribution in [1.82, 2.24) is 9.62 Å².